The average molecular weight is 544 g/mol. The van der Waals surface area contributed by atoms with Gasteiger partial charge in [-0.15, -0.1) is 0 Å². The maximum absolute atomic E-state index is 12.8. The van der Waals surface area contributed by atoms with E-state index < -0.39 is 11.7 Å². The van der Waals surface area contributed by atoms with E-state index in [0.29, 0.717) is 42.9 Å². The Morgan fingerprint density at radius 2 is 1.77 bits per heavy atom. The second kappa shape index (κ2) is 8.24. The zero-order valence-electron chi connectivity index (χ0n) is 15.4. The summed E-state index contributed by atoms with van der Waals surface area (Å²) < 4.78 is 40.1. The van der Waals surface area contributed by atoms with Crippen molar-refractivity contribution in [2.75, 3.05) is 6.54 Å². The largest absolute Gasteiger partial charge is 0.416 e. The van der Waals surface area contributed by atoms with Gasteiger partial charge in [-0.2, -0.15) is 13.2 Å². The average Bonchev–Trinajstić information content (AvgIpc) is 2.70. The minimum Gasteiger partial charge on any atom is -0.306 e. The minimum atomic E-state index is -4.41. The Morgan fingerprint density at radius 3 is 2.40 bits per heavy atom. The van der Waals surface area contributed by atoms with Gasteiger partial charge in [0.1, 0.15) is 5.82 Å². The molecule has 10 heteroatoms. The molecule has 0 radical (unpaired) electrons. The normalized spacial score (nSPS) is 14.6. The van der Waals surface area contributed by atoms with Gasteiger partial charge in [-0.3, -0.25) is 14.7 Å². The molecular formula is C20H15Br2F3N4O. The third-order valence-corrected chi connectivity index (χ3v) is 6.33. The molecule has 1 N–H and O–H groups in total. The number of nitrogens with one attached hydrogen (secondary N) is 1. The van der Waals surface area contributed by atoms with E-state index in [0.717, 1.165) is 26.6 Å². The van der Waals surface area contributed by atoms with Gasteiger partial charge in [-0.25, -0.2) is 4.98 Å². The summed E-state index contributed by atoms with van der Waals surface area (Å²) in [6.07, 6.45) is -0.379. The fourth-order valence-corrected chi connectivity index (χ4v) is 4.56. The number of hydrogen-bond donors (Lipinski definition) is 1. The second-order valence-electron chi connectivity index (χ2n) is 6.96. The van der Waals surface area contributed by atoms with Crippen LogP contribution in [0.15, 0.2) is 50.4 Å². The van der Waals surface area contributed by atoms with Crippen LogP contribution in [0.5, 0.6) is 0 Å². The van der Waals surface area contributed by atoms with Crippen LogP contribution in [0.1, 0.15) is 22.4 Å². The van der Waals surface area contributed by atoms with Crippen molar-refractivity contribution in [2.45, 2.75) is 25.7 Å². The van der Waals surface area contributed by atoms with Crippen molar-refractivity contribution in [1.29, 1.82) is 0 Å². The number of aromatic nitrogens is 3. The van der Waals surface area contributed by atoms with Crippen LogP contribution in [0, 0.1) is 0 Å². The quantitative estimate of drug-likeness (QED) is 0.508. The standard InChI is InChI=1S/C20H15Br2F3N4O/c21-15-7-26-8-16(22)13(15)9-29-6-5-17-14(10-29)19(30)28-18(27-17)11-1-3-12(4-2-11)20(23,24)25/h1-4,7-8H,5-6,9-10H2,(H,27,28,30). The summed E-state index contributed by atoms with van der Waals surface area (Å²) in [5.41, 5.74) is 1.73. The molecule has 1 aliphatic rings. The molecule has 3 heterocycles. The van der Waals surface area contributed by atoms with E-state index >= 15 is 0 Å². The van der Waals surface area contributed by atoms with Crippen LogP contribution in [0.25, 0.3) is 11.4 Å². The van der Waals surface area contributed by atoms with Crippen LogP contribution in [-0.2, 0) is 25.7 Å². The first-order valence-electron chi connectivity index (χ1n) is 9.02. The Labute approximate surface area is 186 Å². The molecule has 156 valence electrons. The summed E-state index contributed by atoms with van der Waals surface area (Å²) >= 11 is 7.01. The number of pyridine rings is 1. The summed E-state index contributed by atoms with van der Waals surface area (Å²) in [4.78, 5) is 26.2. The van der Waals surface area contributed by atoms with E-state index in [9.17, 15) is 18.0 Å². The molecule has 0 bridgehead atoms. The number of alkyl halides is 3. The first kappa shape index (κ1) is 21.2. The Kier molecular flexibility index (Phi) is 5.82. The van der Waals surface area contributed by atoms with Gasteiger partial charge in [0.25, 0.3) is 5.56 Å². The summed E-state index contributed by atoms with van der Waals surface area (Å²) in [6, 6.07) is 4.62. The molecule has 3 aromatic rings. The number of hydrogen-bond acceptors (Lipinski definition) is 4. The van der Waals surface area contributed by atoms with Crippen molar-refractivity contribution in [3.05, 3.63) is 78.3 Å². The molecular weight excluding hydrogens is 529 g/mol. The van der Waals surface area contributed by atoms with Crippen LogP contribution in [0.2, 0.25) is 0 Å². The summed E-state index contributed by atoms with van der Waals surface area (Å²) in [5, 5.41) is 0. The van der Waals surface area contributed by atoms with E-state index in [1.54, 1.807) is 12.4 Å². The smallest absolute Gasteiger partial charge is 0.306 e. The molecule has 0 spiro atoms. The third kappa shape index (κ3) is 4.35. The van der Waals surface area contributed by atoms with E-state index in [1.165, 1.54) is 12.1 Å². The van der Waals surface area contributed by atoms with Gasteiger partial charge in [-0.05, 0) is 49.6 Å². The number of rotatable bonds is 3. The lowest BCUT2D eigenvalue weighted by molar-refractivity contribution is -0.137. The fraction of sp³-hybridized carbons (Fsp3) is 0.250. The highest BCUT2D eigenvalue weighted by atomic mass is 79.9. The highest BCUT2D eigenvalue weighted by Crippen LogP contribution is 2.31. The molecule has 4 rings (SSSR count). The molecule has 0 atom stereocenters. The van der Waals surface area contributed by atoms with E-state index in [2.05, 4.69) is 51.7 Å². The lowest BCUT2D eigenvalue weighted by Crippen LogP contribution is -2.35. The van der Waals surface area contributed by atoms with Gasteiger partial charge in [0.2, 0.25) is 0 Å². The van der Waals surface area contributed by atoms with Crippen molar-refractivity contribution in [1.82, 2.24) is 19.9 Å². The second-order valence-corrected chi connectivity index (χ2v) is 8.67. The SMILES string of the molecule is O=c1[nH]c(-c2ccc(C(F)(F)F)cc2)nc2c1CN(Cc1c(Br)cncc1Br)CC2. The molecule has 0 aliphatic carbocycles. The first-order chi connectivity index (χ1) is 14.2. The van der Waals surface area contributed by atoms with Gasteiger partial charge in [0.05, 0.1) is 16.8 Å². The zero-order chi connectivity index (χ0) is 21.5. The van der Waals surface area contributed by atoms with Crippen LogP contribution in [0.3, 0.4) is 0 Å². The van der Waals surface area contributed by atoms with Gasteiger partial charge in [0, 0.05) is 53.0 Å². The zero-order valence-corrected chi connectivity index (χ0v) is 18.6. The van der Waals surface area contributed by atoms with Crippen molar-refractivity contribution in [3.8, 4) is 11.4 Å². The Bertz CT molecular complexity index is 1130. The maximum atomic E-state index is 12.8. The number of aromatic amines is 1. The summed E-state index contributed by atoms with van der Waals surface area (Å²) in [6.45, 7) is 1.77. The molecule has 0 fully saturated rings. The molecule has 2 aromatic heterocycles. The van der Waals surface area contributed by atoms with Crippen molar-refractivity contribution >= 4 is 31.9 Å². The van der Waals surface area contributed by atoms with Crippen molar-refractivity contribution in [2.24, 2.45) is 0 Å². The number of nitrogens with zero attached hydrogens (tertiary/aromatic N) is 3. The summed E-state index contributed by atoms with van der Waals surface area (Å²) in [7, 11) is 0. The van der Waals surface area contributed by atoms with Gasteiger partial charge in [0.15, 0.2) is 0 Å². The van der Waals surface area contributed by atoms with Crippen LogP contribution < -0.4 is 5.56 Å². The number of benzene rings is 1. The molecule has 0 amide bonds. The Hall–Kier alpha value is -2.04. The van der Waals surface area contributed by atoms with Gasteiger partial charge in [-0.1, -0.05) is 12.1 Å². The van der Waals surface area contributed by atoms with Gasteiger partial charge < -0.3 is 4.98 Å². The lowest BCUT2D eigenvalue weighted by atomic mass is 10.1. The maximum Gasteiger partial charge on any atom is 0.416 e. The van der Waals surface area contributed by atoms with Crippen molar-refractivity contribution in [3.63, 3.8) is 0 Å². The van der Waals surface area contributed by atoms with E-state index in [1.807, 2.05) is 0 Å². The number of H-pyrrole nitrogens is 1. The fourth-order valence-electron chi connectivity index (χ4n) is 3.38. The molecule has 1 aromatic carbocycles. The van der Waals surface area contributed by atoms with Crippen LogP contribution in [-0.4, -0.2) is 26.4 Å². The topological polar surface area (TPSA) is 61.9 Å². The molecule has 5 nitrogen and oxygen atoms in total. The number of fused-ring (bicyclic) bond motifs is 1. The highest BCUT2D eigenvalue weighted by Gasteiger charge is 2.30. The predicted molar refractivity (Wildman–Crippen MR) is 113 cm³/mol. The highest BCUT2D eigenvalue weighted by molar-refractivity contribution is 9.11. The summed E-state index contributed by atoms with van der Waals surface area (Å²) in [5.74, 6) is 0.278. The predicted octanol–water partition coefficient (Wildman–Crippen LogP) is 4.93. The molecule has 0 saturated heterocycles. The molecule has 0 saturated carbocycles. The van der Waals surface area contributed by atoms with Crippen LogP contribution >= 0.6 is 31.9 Å². The number of halogens is 5. The Morgan fingerprint density at radius 1 is 1.10 bits per heavy atom. The van der Waals surface area contributed by atoms with E-state index in [4.69, 9.17) is 0 Å². The van der Waals surface area contributed by atoms with Crippen molar-refractivity contribution < 1.29 is 13.2 Å². The lowest BCUT2D eigenvalue weighted by Gasteiger charge is -2.28. The monoisotopic (exact) mass is 542 g/mol. The first-order valence-corrected chi connectivity index (χ1v) is 10.6. The van der Waals surface area contributed by atoms with Crippen LogP contribution in [0.4, 0.5) is 13.2 Å². The molecule has 1 aliphatic heterocycles. The minimum absolute atomic E-state index is 0.271. The molecule has 30 heavy (non-hydrogen) atoms. The Balaban J connectivity index is 1.58. The molecule has 0 unspecified atom stereocenters. The van der Waals surface area contributed by atoms with Gasteiger partial charge >= 0.3 is 6.18 Å². The third-order valence-electron chi connectivity index (χ3n) is 4.97. The van der Waals surface area contributed by atoms with E-state index in [-0.39, 0.29) is 11.4 Å².